The normalized spacial score (nSPS) is 36.1. The maximum absolute atomic E-state index is 2.48. The fourth-order valence-electron chi connectivity index (χ4n) is 6.93. The zero-order valence-electron chi connectivity index (χ0n) is 13.7. The van der Waals surface area contributed by atoms with Gasteiger partial charge in [-0.2, -0.15) is 0 Å². The van der Waals surface area contributed by atoms with Crippen LogP contribution >= 0.6 is 0 Å². The van der Waals surface area contributed by atoms with Crippen LogP contribution < -0.4 is 0 Å². The lowest BCUT2D eigenvalue weighted by molar-refractivity contribution is -0.00299. The Bertz CT molecular complexity index is 756. The van der Waals surface area contributed by atoms with Gasteiger partial charge < -0.3 is 0 Å². The summed E-state index contributed by atoms with van der Waals surface area (Å²) in [6, 6.07) is 16.2. The highest BCUT2D eigenvalue weighted by molar-refractivity contribution is 5.78. The molecule has 23 heavy (non-hydrogen) atoms. The fraction of sp³-hybridized carbons (Fsp3) is 0.478. The van der Waals surface area contributed by atoms with E-state index in [1.807, 2.05) is 0 Å². The van der Waals surface area contributed by atoms with Crippen LogP contribution in [0.3, 0.4) is 0 Å². The second kappa shape index (κ2) is 4.50. The third kappa shape index (κ3) is 1.73. The second-order valence-corrected chi connectivity index (χ2v) is 8.66. The molecular formula is C23H24. The first-order valence-electron chi connectivity index (χ1n) is 9.57. The standard InChI is InChI=1S/C23H24/c1-2-5-19-16(4-1)13-22-20(19)6-3-7-21(22)23-17-9-14-8-15(11-17)12-18(23)10-14/h1-7,14-15,17-18,23H,8-13H2. The summed E-state index contributed by atoms with van der Waals surface area (Å²) >= 11 is 0. The predicted molar refractivity (Wildman–Crippen MR) is 94.5 cm³/mol. The molecule has 0 atom stereocenters. The molecule has 0 N–H and O–H groups in total. The average Bonchev–Trinajstić information content (AvgIpc) is 2.93. The lowest BCUT2D eigenvalue weighted by atomic mass is 9.50. The zero-order chi connectivity index (χ0) is 15.0. The molecule has 2 aromatic rings. The molecule has 4 fully saturated rings. The van der Waals surface area contributed by atoms with Crippen LogP contribution in [-0.2, 0) is 6.42 Å². The van der Waals surface area contributed by atoms with Gasteiger partial charge in [-0.3, -0.25) is 0 Å². The van der Waals surface area contributed by atoms with Gasteiger partial charge in [0.05, 0.1) is 0 Å². The molecule has 0 amide bonds. The average molecular weight is 300 g/mol. The van der Waals surface area contributed by atoms with Crippen molar-refractivity contribution in [3.05, 3.63) is 59.2 Å². The molecule has 0 heteroatoms. The molecule has 0 aliphatic heterocycles. The van der Waals surface area contributed by atoms with Crippen molar-refractivity contribution in [3.8, 4) is 11.1 Å². The van der Waals surface area contributed by atoms with Gasteiger partial charge in [0.2, 0.25) is 0 Å². The number of fused-ring (bicyclic) bond motifs is 3. The van der Waals surface area contributed by atoms with Gasteiger partial charge in [-0.1, -0.05) is 42.5 Å². The SMILES string of the molecule is c1ccc2c(c1)Cc1c-2cccc1C1C2CC3CC(C2)CC1C3. The fourth-order valence-corrected chi connectivity index (χ4v) is 6.93. The molecule has 0 nitrogen and oxygen atoms in total. The summed E-state index contributed by atoms with van der Waals surface area (Å²) in [6.07, 6.45) is 8.81. The van der Waals surface area contributed by atoms with Crippen molar-refractivity contribution in [1.29, 1.82) is 0 Å². The first-order valence-corrected chi connectivity index (χ1v) is 9.57. The molecule has 5 aliphatic rings. The Morgan fingerprint density at radius 2 is 1.35 bits per heavy atom. The molecule has 4 bridgehead atoms. The molecular weight excluding hydrogens is 276 g/mol. The maximum Gasteiger partial charge on any atom is -0.00106 e. The molecule has 5 aliphatic carbocycles. The first kappa shape index (κ1) is 12.8. The Morgan fingerprint density at radius 1 is 0.652 bits per heavy atom. The highest BCUT2D eigenvalue weighted by Gasteiger charge is 2.49. The van der Waals surface area contributed by atoms with Gasteiger partial charge in [0.15, 0.2) is 0 Å². The van der Waals surface area contributed by atoms with Gasteiger partial charge in [0.25, 0.3) is 0 Å². The van der Waals surface area contributed by atoms with Crippen LogP contribution in [0.25, 0.3) is 11.1 Å². The van der Waals surface area contributed by atoms with Gasteiger partial charge >= 0.3 is 0 Å². The monoisotopic (exact) mass is 300 g/mol. The Balaban J connectivity index is 1.47. The summed E-state index contributed by atoms with van der Waals surface area (Å²) < 4.78 is 0. The van der Waals surface area contributed by atoms with Gasteiger partial charge in [-0.15, -0.1) is 0 Å². The van der Waals surface area contributed by atoms with Crippen molar-refractivity contribution in [2.75, 3.05) is 0 Å². The molecule has 0 unspecified atom stereocenters. The molecule has 7 rings (SSSR count). The van der Waals surface area contributed by atoms with Crippen LogP contribution in [0.5, 0.6) is 0 Å². The van der Waals surface area contributed by atoms with Crippen molar-refractivity contribution in [2.45, 2.75) is 44.4 Å². The van der Waals surface area contributed by atoms with Crippen molar-refractivity contribution in [1.82, 2.24) is 0 Å². The number of rotatable bonds is 1. The summed E-state index contributed by atoms with van der Waals surface area (Å²) in [7, 11) is 0. The molecule has 0 radical (unpaired) electrons. The molecule has 4 saturated carbocycles. The van der Waals surface area contributed by atoms with Gasteiger partial charge in [0.1, 0.15) is 0 Å². The maximum atomic E-state index is 2.48. The summed E-state index contributed by atoms with van der Waals surface area (Å²) in [5, 5.41) is 0. The molecule has 116 valence electrons. The Kier molecular flexibility index (Phi) is 2.51. The van der Waals surface area contributed by atoms with Crippen molar-refractivity contribution >= 4 is 0 Å². The number of hydrogen-bond acceptors (Lipinski definition) is 0. The van der Waals surface area contributed by atoms with E-state index in [1.54, 1.807) is 23.1 Å². The van der Waals surface area contributed by atoms with E-state index in [-0.39, 0.29) is 0 Å². The van der Waals surface area contributed by atoms with E-state index in [1.165, 1.54) is 43.2 Å². The van der Waals surface area contributed by atoms with E-state index in [4.69, 9.17) is 0 Å². The van der Waals surface area contributed by atoms with Crippen molar-refractivity contribution in [2.24, 2.45) is 23.7 Å². The van der Waals surface area contributed by atoms with Crippen LogP contribution in [0.15, 0.2) is 42.5 Å². The van der Waals surface area contributed by atoms with E-state index in [0.29, 0.717) is 0 Å². The molecule has 0 spiro atoms. The summed E-state index contributed by atoms with van der Waals surface area (Å²) in [5.41, 5.74) is 7.97. The quantitative estimate of drug-likeness (QED) is 0.533. The highest BCUT2D eigenvalue weighted by Crippen LogP contribution is 2.60. The molecule has 0 heterocycles. The minimum atomic E-state index is 0.868. The van der Waals surface area contributed by atoms with E-state index in [0.717, 1.165) is 29.6 Å². The van der Waals surface area contributed by atoms with Gasteiger partial charge in [0, 0.05) is 0 Å². The lowest BCUT2D eigenvalue weighted by Crippen LogP contribution is -2.44. The van der Waals surface area contributed by atoms with Crippen LogP contribution in [0, 0.1) is 23.7 Å². The van der Waals surface area contributed by atoms with Crippen LogP contribution in [0.2, 0.25) is 0 Å². The first-order chi connectivity index (χ1) is 11.4. The van der Waals surface area contributed by atoms with Crippen LogP contribution in [0.1, 0.15) is 54.7 Å². The Hall–Kier alpha value is -1.56. The number of hydrogen-bond donors (Lipinski definition) is 0. The smallest absolute Gasteiger partial charge is 0.00106 e. The molecule has 0 saturated heterocycles. The topological polar surface area (TPSA) is 0 Å². The largest absolute Gasteiger partial charge is 0.0619 e. The van der Waals surface area contributed by atoms with Crippen molar-refractivity contribution in [3.63, 3.8) is 0 Å². The second-order valence-electron chi connectivity index (χ2n) is 8.66. The lowest BCUT2D eigenvalue weighted by Gasteiger charge is -2.55. The minimum absolute atomic E-state index is 0.868. The molecule has 0 aromatic heterocycles. The number of benzene rings is 2. The zero-order valence-corrected chi connectivity index (χ0v) is 13.7. The Labute approximate surface area is 138 Å². The summed E-state index contributed by atoms with van der Waals surface area (Å²) in [4.78, 5) is 0. The van der Waals surface area contributed by atoms with Crippen LogP contribution in [-0.4, -0.2) is 0 Å². The third-order valence-electron chi connectivity index (χ3n) is 7.47. The van der Waals surface area contributed by atoms with E-state index < -0.39 is 0 Å². The van der Waals surface area contributed by atoms with E-state index >= 15 is 0 Å². The molecule has 2 aromatic carbocycles. The summed E-state index contributed by atoms with van der Waals surface area (Å²) in [6.45, 7) is 0. The minimum Gasteiger partial charge on any atom is -0.0619 e. The highest BCUT2D eigenvalue weighted by atomic mass is 14.5. The third-order valence-corrected chi connectivity index (χ3v) is 7.47. The Morgan fingerprint density at radius 3 is 2.13 bits per heavy atom. The van der Waals surface area contributed by atoms with E-state index in [9.17, 15) is 0 Å². The van der Waals surface area contributed by atoms with Crippen LogP contribution in [0.4, 0.5) is 0 Å². The van der Waals surface area contributed by atoms with Gasteiger partial charge in [-0.05, 0) is 95.9 Å². The van der Waals surface area contributed by atoms with Crippen molar-refractivity contribution < 1.29 is 0 Å². The van der Waals surface area contributed by atoms with E-state index in [2.05, 4.69) is 42.5 Å². The predicted octanol–water partition coefficient (Wildman–Crippen LogP) is 5.80. The summed E-state index contributed by atoms with van der Waals surface area (Å²) in [5.74, 6) is 4.99. The van der Waals surface area contributed by atoms with Gasteiger partial charge in [-0.25, -0.2) is 0 Å².